The molecule has 1 heterocycles. The topological polar surface area (TPSA) is 41.6 Å². The number of nitrogens with zero attached hydrogens (tertiary/aromatic N) is 3. The normalized spacial score (nSPS) is 9.55. The maximum atomic E-state index is 8.70. The first-order valence-electron chi connectivity index (χ1n) is 3.72. The largest absolute Gasteiger partial charge is 0.255 e. The Morgan fingerprint density at radius 2 is 2.45 bits per heavy atom. The molecule has 0 unspecified atom stereocenters. The SMILES string of the molecule is CCCn1ncc(C)c1C#N. The Balaban J connectivity index is 2.98. The highest BCUT2D eigenvalue weighted by atomic mass is 15.3. The van der Waals surface area contributed by atoms with Gasteiger partial charge in [0.2, 0.25) is 0 Å². The fourth-order valence-corrected chi connectivity index (χ4v) is 1.01. The monoisotopic (exact) mass is 149 g/mol. The Morgan fingerprint density at radius 3 is 3.00 bits per heavy atom. The summed E-state index contributed by atoms with van der Waals surface area (Å²) in [5.41, 5.74) is 1.65. The summed E-state index contributed by atoms with van der Waals surface area (Å²) in [4.78, 5) is 0. The molecule has 0 fully saturated rings. The van der Waals surface area contributed by atoms with Crippen LogP contribution < -0.4 is 0 Å². The Kier molecular flexibility index (Phi) is 2.27. The van der Waals surface area contributed by atoms with Gasteiger partial charge in [0.1, 0.15) is 11.8 Å². The van der Waals surface area contributed by atoms with Gasteiger partial charge in [0.15, 0.2) is 0 Å². The van der Waals surface area contributed by atoms with Crippen LogP contribution in [0, 0.1) is 18.3 Å². The van der Waals surface area contributed by atoms with Gasteiger partial charge < -0.3 is 0 Å². The lowest BCUT2D eigenvalue weighted by molar-refractivity contribution is 0.596. The van der Waals surface area contributed by atoms with Crippen LogP contribution in [0.25, 0.3) is 0 Å². The molecule has 0 saturated carbocycles. The van der Waals surface area contributed by atoms with Crippen molar-refractivity contribution in [1.82, 2.24) is 9.78 Å². The number of aromatic nitrogens is 2. The van der Waals surface area contributed by atoms with Crippen molar-refractivity contribution >= 4 is 0 Å². The van der Waals surface area contributed by atoms with Gasteiger partial charge in [0.25, 0.3) is 0 Å². The summed E-state index contributed by atoms with van der Waals surface area (Å²) >= 11 is 0. The number of hydrogen-bond acceptors (Lipinski definition) is 2. The van der Waals surface area contributed by atoms with Crippen molar-refractivity contribution < 1.29 is 0 Å². The third-order valence-electron chi connectivity index (χ3n) is 1.56. The number of hydrogen-bond donors (Lipinski definition) is 0. The van der Waals surface area contributed by atoms with Crippen LogP contribution in [0.15, 0.2) is 6.20 Å². The van der Waals surface area contributed by atoms with Crippen LogP contribution in [-0.2, 0) is 6.54 Å². The van der Waals surface area contributed by atoms with E-state index < -0.39 is 0 Å². The van der Waals surface area contributed by atoms with Crippen LogP contribution in [0.1, 0.15) is 24.6 Å². The molecule has 58 valence electrons. The summed E-state index contributed by atoms with van der Waals surface area (Å²) in [7, 11) is 0. The van der Waals surface area contributed by atoms with Crippen molar-refractivity contribution in [2.75, 3.05) is 0 Å². The molecule has 0 aliphatic heterocycles. The van der Waals surface area contributed by atoms with E-state index in [0.717, 1.165) is 18.5 Å². The minimum Gasteiger partial charge on any atom is -0.255 e. The molecule has 0 bridgehead atoms. The Labute approximate surface area is 66.3 Å². The van der Waals surface area contributed by atoms with E-state index in [1.54, 1.807) is 10.9 Å². The highest BCUT2D eigenvalue weighted by Crippen LogP contribution is 2.05. The maximum absolute atomic E-state index is 8.70. The van der Waals surface area contributed by atoms with Crippen LogP contribution in [0.3, 0.4) is 0 Å². The van der Waals surface area contributed by atoms with E-state index in [4.69, 9.17) is 5.26 Å². The highest BCUT2D eigenvalue weighted by molar-refractivity contribution is 5.28. The van der Waals surface area contributed by atoms with Crippen LogP contribution >= 0.6 is 0 Å². The van der Waals surface area contributed by atoms with E-state index in [0.29, 0.717) is 5.69 Å². The van der Waals surface area contributed by atoms with E-state index in [1.165, 1.54) is 0 Å². The minimum absolute atomic E-state index is 0.687. The highest BCUT2D eigenvalue weighted by Gasteiger charge is 2.03. The van der Waals surface area contributed by atoms with Crippen molar-refractivity contribution in [3.63, 3.8) is 0 Å². The summed E-state index contributed by atoms with van der Waals surface area (Å²) in [5.74, 6) is 0. The second kappa shape index (κ2) is 3.20. The number of rotatable bonds is 2. The van der Waals surface area contributed by atoms with Gasteiger partial charge in [0.05, 0.1) is 6.20 Å². The molecule has 3 heteroatoms. The average Bonchev–Trinajstić information content (AvgIpc) is 2.33. The molecule has 1 aromatic heterocycles. The van der Waals surface area contributed by atoms with Gasteiger partial charge in [0, 0.05) is 12.1 Å². The zero-order chi connectivity index (χ0) is 8.27. The van der Waals surface area contributed by atoms with Crippen molar-refractivity contribution in [3.05, 3.63) is 17.5 Å². The smallest absolute Gasteiger partial charge is 0.141 e. The fourth-order valence-electron chi connectivity index (χ4n) is 1.01. The molecule has 1 rings (SSSR count). The molecule has 0 amide bonds. The molecule has 0 N–H and O–H groups in total. The van der Waals surface area contributed by atoms with Gasteiger partial charge in [-0.15, -0.1) is 0 Å². The van der Waals surface area contributed by atoms with E-state index in [-0.39, 0.29) is 0 Å². The van der Waals surface area contributed by atoms with Crippen molar-refractivity contribution in [3.8, 4) is 6.07 Å². The molecular weight excluding hydrogens is 138 g/mol. The maximum Gasteiger partial charge on any atom is 0.141 e. The van der Waals surface area contributed by atoms with Gasteiger partial charge in [-0.1, -0.05) is 6.92 Å². The summed E-state index contributed by atoms with van der Waals surface area (Å²) < 4.78 is 1.75. The lowest BCUT2D eigenvalue weighted by Gasteiger charge is -1.97. The first kappa shape index (κ1) is 7.80. The number of aryl methyl sites for hydroxylation is 2. The minimum atomic E-state index is 0.687. The zero-order valence-electron chi connectivity index (χ0n) is 6.83. The molecule has 3 nitrogen and oxygen atoms in total. The quantitative estimate of drug-likeness (QED) is 0.639. The second-order valence-corrected chi connectivity index (χ2v) is 2.51. The van der Waals surface area contributed by atoms with Gasteiger partial charge in [-0.05, 0) is 13.3 Å². The molecule has 0 aliphatic carbocycles. The third kappa shape index (κ3) is 1.40. The van der Waals surface area contributed by atoms with Gasteiger partial charge in [-0.2, -0.15) is 10.4 Å². The summed E-state index contributed by atoms with van der Waals surface area (Å²) in [6.07, 6.45) is 2.74. The third-order valence-corrected chi connectivity index (χ3v) is 1.56. The predicted molar refractivity (Wildman–Crippen MR) is 42.0 cm³/mol. The van der Waals surface area contributed by atoms with Crippen LogP contribution in [0.5, 0.6) is 0 Å². The number of nitriles is 1. The summed E-state index contributed by atoms with van der Waals surface area (Å²) in [6.45, 7) is 4.80. The van der Waals surface area contributed by atoms with E-state index >= 15 is 0 Å². The van der Waals surface area contributed by atoms with Crippen molar-refractivity contribution in [2.24, 2.45) is 0 Å². The molecular formula is C8H11N3. The lowest BCUT2D eigenvalue weighted by Crippen LogP contribution is -2.01. The first-order chi connectivity index (χ1) is 5.29. The second-order valence-electron chi connectivity index (χ2n) is 2.51. The summed E-state index contributed by atoms with van der Waals surface area (Å²) in [6, 6.07) is 2.13. The van der Waals surface area contributed by atoms with Crippen molar-refractivity contribution in [1.29, 1.82) is 5.26 Å². The molecule has 0 saturated heterocycles. The first-order valence-corrected chi connectivity index (χ1v) is 3.72. The van der Waals surface area contributed by atoms with Crippen molar-refractivity contribution in [2.45, 2.75) is 26.8 Å². The summed E-state index contributed by atoms with van der Waals surface area (Å²) in [5, 5.41) is 12.8. The molecule has 0 aromatic carbocycles. The molecule has 0 radical (unpaired) electrons. The van der Waals surface area contributed by atoms with E-state index in [2.05, 4.69) is 18.1 Å². The molecule has 0 aliphatic rings. The standard InChI is InChI=1S/C8H11N3/c1-3-4-11-8(5-9)7(2)6-10-11/h6H,3-4H2,1-2H3. The Hall–Kier alpha value is -1.30. The van der Waals surface area contributed by atoms with Gasteiger partial charge in [-0.3, -0.25) is 4.68 Å². The van der Waals surface area contributed by atoms with E-state index in [1.807, 2.05) is 6.92 Å². The van der Waals surface area contributed by atoms with Crippen LogP contribution in [-0.4, -0.2) is 9.78 Å². The lowest BCUT2D eigenvalue weighted by atomic mass is 10.3. The molecule has 0 spiro atoms. The van der Waals surface area contributed by atoms with E-state index in [9.17, 15) is 0 Å². The zero-order valence-corrected chi connectivity index (χ0v) is 6.83. The molecule has 11 heavy (non-hydrogen) atoms. The van der Waals surface area contributed by atoms with Crippen LogP contribution in [0.2, 0.25) is 0 Å². The molecule has 1 aromatic rings. The molecule has 0 atom stereocenters. The fraction of sp³-hybridized carbons (Fsp3) is 0.500. The predicted octanol–water partition coefficient (Wildman–Crippen LogP) is 1.47. The van der Waals surface area contributed by atoms with Gasteiger partial charge in [-0.25, -0.2) is 0 Å². The Morgan fingerprint density at radius 1 is 1.73 bits per heavy atom. The average molecular weight is 149 g/mol. The van der Waals surface area contributed by atoms with Gasteiger partial charge >= 0.3 is 0 Å². The Bertz CT molecular complexity index is 280. The van der Waals surface area contributed by atoms with Crippen LogP contribution in [0.4, 0.5) is 0 Å².